The van der Waals surface area contributed by atoms with E-state index in [2.05, 4.69) is 66.5 Å². The molecule has 0 radical (unpaired) electrons. The van der Waals surface area contributed by atoms with Gasteiger partial charge in [-0.1, -0.05) is 54.6 Å². The van der Waals surface area contributed by atoms with E-state index in [1.807, 2.05) is 18.2 Å². The van der Waals surface area contributed by atoms with Crippen LogP contribution in [0, 0.1) is 0 Å². The van der Waals surface area contributed by atoms with Gasteiger partial charge in [0.2, 0.25) is 0 Å². The third kappa shape index (κ3) is 3.54. The van der Waals surface area contributed by atoms with E-state index in [0.29, 0.717) is 6.04 Å². The molecule has 0 atom stereocenters. The Morgan fingerprint density at radius 1 is 0.923 bits per heavy atom. The van der Waals surface area contributed by atoms with E-state index >= 15 is 0 Å². The number of benzene rings is 2. The molecule has 0 saturated carbocycles. The van der Waals surface area contributed by atoms with E-state index in [1.165, 1.54) is 11.1 Å². The van der Waals surface area contributed by atoms with Crippen LogP contribution >= 0.6 is 0 Å². The number of hydrogen-bond donors (Lipinski definition) is 1. The van der Waals surface area contributed by atoms with Crippen molar-refractivity contribution in [1.29, 1.82) is 0 Å². The average Bonchev–Trinajstić information content (AvgIpc) is 2.67. The van der Waals surface area contributed by atoms with E-state index in [-0.39, 0.29) is 0 Å². The quantitative estimate of drug-likeness (QED) is 0.755. The molecular formula is C22H24N4. The van der Waals surface area contributed by atoms with Crippen LogP contribution in [0.15, 0.2) is 60.7 Å². The van der Waals surface area contributed by atoms with Gasteiger partial charge in [0.1, 0.15) is 11.6 Å². The largest absolute Gasteiger partial charge is 0.368 e. The van der Waals surface area contributed by atoms with Gasteiger partial charge < -0.3 is 10.2 Å². The van der Waals surface area contributed by atoms with Gasteiger partial charge in [-0.2, -0.15) is 0 Å². The van der Waals surface area contributed by atoms with E-state index in [4.69, 9.17) is 9.97 Å². The number of anilines is 2. The number of fused-ring (bicyclic) bond motifs is 1. The summed E-state index contributed by atoms with van der Waals surface area (Å²) < 4.78 is 0. The second-order valence-corrected chi connectivity index (χ2v) is 7.04. The summed E-state index contributed by atoms with van der Waals surface area (Å²) in [6.45, 7) is 6.12. The third-order valence-corrected chi connectivity index (χ3v) is 4.64. The molecule has 132 valence electrons. The van der Waals surface area contributed by atoms with Crippen molar-refractivity contribution in [3.8, 4) is 11.4 Å². The van der Waals surface area contributed by atoms with Gasteiger partial charge in [0.15, 0.2) is 5.82 Å². The SMILES string of the molecule is CC(C)Nc1cc(N2CCc3ccccc3C2)nc(-c2ccccc2)n1. The Morgan fingerprint density at radius 2 is 1.65 bits per heavy atom. The summed E-state index contributed by atoms with van der Waals surface area (Å²) in [7, 11) is 0. The lowest BCUT2D eigenvalue weighted by Gasteiger charge is -2.30. The fourth-order valence-electron chi connectivity index (χ4n) is 3.37. The average molecular weight is 344 g/mol. The summed E-state index contributed by atoms with van der Waals surface area (Å²) in [5, 5.41) is 3.44. The zero-order valence-electron chi connectivity index (χ0n) is 15.3. The summed E-state index contributed by atoms with van der Waals surface area (Å²) in [5.74, 6) is 2.63. The van der Waals surface area contributed by atoms with Gasteiger partial charge >= 0.3 is 0 Å². The van der Waals surface area contributed by atoms with Gasteiger partial charge in [-0.15, -0.1) is 0 Å². The highest BCUT2D eigenvalue weighted by molar-refractivity contribution is 5.62. The fourth-order valence-corrected chi connectivity index (χ4v) is 3.37. The lowest BCUT2D eigenvalue weighted by molar-refractivity contribution is 0.719. The predicted molar refractivity (Wildman–Crippen MR) is 107 cm³/mol. The molecule has 1 N–H and O–H groups in total. The van der Waals surface area contributed by atoms with Crippen LogP contribution in [0.5, 0.6) is 0 Å². The molecule has 4 rings (SSSR count). The summed E-state index contributed by atoms with van der Waals surface area (Å²) in [5.41, 5.74) is 3.87. The molecule has 26 heavy (non-hydrogen) atoms. The smallest absolute Gasteiger partial charge is 0.163 e. The van der Waals surface area contributed by atoms with Gasteiger partial charge in [-0.3, -0.25) is 0 Å². The number of rotatable bonds is 4. The molecule has 0 fully saturated rings. The van der Waals surface area contributed by atoms with E-state index in [0.717, 1.165) is 42.5 Å². The van der Waals surface area contributed by atoms with E-state index < -0.39 is 0 Å². The summed E-state index contributed by atoms with van der Waals surface area (Å²) in [6, 6.07) is 21.3. The first-order valence-corrected chi connectivity index (χ1v) is 9.22. The third-order valence-electron chi connectivity index (χ3n) is 4.64. The molecule has 1 aliphatic rings. The van der Waals surface area contributed by atoms with Crippen LogP contribution in [-0.4, -0.2) is 22.6 Å². The van der Waals surface area contributed by atoms with E-state index in [1.54, 1.807) is 0 Å². The van der Waals surface area contributed by atoms with Crippen molar-refractivity contribution >= 4 is 11.6 Å². The molecule has 0 saturated heterocycles. The minimum Gasteiger partial charge on any atom is -0.368 e. The van der Waals surface area contributed by atoms with Crippen LogP contribution in [0.4, 0.5) is 11.6 Å². The predicted octanol–water partition coefficient (Wildman–Crippen LogP) is 4.53. The molecule has 1 aromatic heterocycles. The second-order valence-electron chi connectivity index (χ2n) is 7.04. The maximum atomic E-state index is 4.88. The Bertz CT molecular complexity index is 890. The number of aromatic nitrogens is 2. The van der Waals surface area contributed by atoms with Gasteiger partial charge in [-0.25, -0.2) is 9.97 Å². The molecule has 2 heterocycles. The van der Waals surface area contributed by atoms with Gasteiger partial charge in [0.05, 0.1) is 0 Å². The van der Waals surface area contributed by atoms with Crippen molar-refractivity contribution in [3.63, 3.8) is 0 Å². The van der Waals surface area contributed by atoms with Crippen LogP contribution in [-0.2, 0) is 13.0 Å². The highest BCUT2D eigenvalue weighted by atomic mass is 15.2. The van der Waals surface area contributed by atoms with Gasteiger partial charge in [0.25, 0.3) is 0 Å². The van der Waals surface area contributed by atoms with Crippen molar-refractivity contribution in [1.82, 2.24) is 9.97 Å². The zero-order valence-corrected chi connectivity index (χ0v) is 15.3. The Kier molecular flexibility index (Phi) is 4.57. The highest BCUT2D eigenvalue weighted by Gasteiger charge is 2.19. The Morgan fingerprint density at radius 3 is 2.42 bits per heavy atom. The Hall–Kier alpha value is -2.88. The minimum atomic E-state index is 0.323. The Labute approximate surface area is 154 Å². The highest BCUT2D eigenvalue weighted by Crippen LogP contribution is 2.27. The zero-order chi connectivity index (χ0) is 17.9. The van der Waals surface area contributed by atoms with Gasteiger partial charge in [0, 0.05) is 30.8 Å². The monoisotopic (exact) mass is 344 g/mol. The summed E-state index contributed by atoms with van der Waals surface area (Å²) >= 11 is 0. The normalized spacial score (nSPS) is 13.6. The molecule has 0 unspecified atom stereocenters. The van der Waals surface area contributed by atoms with Crippen molar-refractivity contribution in [2.24, 2.45) is 0 Å². The first-order chi connectivity index (χ1) is 12.7. The minimum absolute atomic E-state index is 0.323. The van der Waals surface area contributed by atoms with Crippen LogP contribution in [0.3, 0.4) is 0 Å². The van der Waals surface area contributed by atoms with Crippen molar-refractivity contribution < 1.29 is 0 Å². The maximum absolute atomic E-state index is 4.88. The molecule has 0 bridgehead atoms. The van der Waals surface area contributed by atoms with Crippen LogP contribution in [0.25, 0.3) is 11.4 Å². The van der Waals surface area contributed by atoms with Crippen molar-refractivity contribution in [2.45, 2.75) is 32.9 Å². The Balaban J connectivity index is 1.71. The molecule has 4 nitrogen and oxygen atoms in total. The summed E-state index contributed by atoms with van der Waals surface area (Å²) in [4.78, 5) is 12.0. The van der Waals surface area contributed by atoms with Crippen molar-refractivity contribution in [3.05, 3.63) is 71.8 Å². The fraction of sp³-hybridized carbons (Fsp3) is 0.273. The number of hydrogen-bond acceptors (Lipinski definition) is 4. The molecule has 0 amide bonds. The molecule has 3 aromatic rings. The number of nitrogens with one attached hydrogen (secondary N) is 1. The van der Waals surface area contributed by atoms with Gasteiger partial charge in [-0.05, 0) is 31.4 Å². The first-order valence-electron chi connectivity index (χ1n) is 9.22. The lowest BCUT2D eigenvalue weighted by Crippen LogP contribution is -2.31. The van der Waals surface area contributed by atoms with Crippen LogP contribution in [0.1, 0.15) is 25.0 Å². The molecule has 0 spiro atoms. The molecular weight excluding hydrogens is 320 g/mol. The molecule has 0 aliphatic carbocycles. The lowest BCUT2D eigenvalue weighted by atomic mass is 10.00. The first kappa shape index (κ1) is 16.6. The second kappa shape index (κ2) is 7.16. The summed E-state index contributed by atoms with van der Waals surface area (Å²) in [6.07, 6.45) is 1.05. The number of nitrogens with zero attached hydrogens (tertiary/aromatic N) is 3. The molecule has 2 aromatic carbocycles. The van der Waals surface area contributed by atoms with Crippen LogP contribution < -0.4 is 10.2 Å². The molecule has 1 aliphatic heterocycles. The van der Waals surface area contributed by atoms with Crippen molar-refractivity contribution in [2.75, 3.05) is 16.8 Å². The maximum Gasteiger partial charge on any atom is 0.163 e. The standard InChI is InChI=1S/C22H24N4/c1-16(2)23-20-14-21(25-22(24-20)18-9-4-3-5-10-18)26-13-12-17-8-6-7-11-19(17)15-26/h3-11,14,16H,12-13,15H2,1-2H3,(H,23,24,25). The molecule has 4 heteroatoms. The van der Waals surface area contributed by atoms with E-state index in [9.17, 15) is 0 Å². The topological polar surface area (TPSA) is 41.0 Å². The van der Waals surface area contributed by atoms with Crippen LogP contribution in [0.2, 0.25) is 0 Å².